The van der Waals surface area contributed by atoms with Gasteiger partial charge in [-0.3, -0.25) is 0 Å². The molecular formula is C12H13F3O. The molecule has 2 atom stereocenters. The maximum atomic E-state index is 12.5. The van der Waals surface area contributed by atoms with E-state index in [4.69, 9.17) is 0 Å². The molecule has 0 radical (unpaired) electrons. The zero-order chi connectivity index (χ0) is 12.4. The lowest BCUT2D eigenvalue weighted by Gasteiger charge is -2.33. The van der Waals surface area contributed by atoms with Crippen LogP contribution in [0.1, 0.15) is 12.5 Å². The molecule has 0 fully saturated rings. The Morgan fingerprint density at radius 3 is 2.12 bits per heavy atom. The van der Waals surface area contributed by atoms with E-state index in [1.807, 2.05) is 0 Å². The summed E-state index contributed by atoms with van der Waals surface area (Å²) in [7, 11) is 0. The van der Waals surface area contributed by atoms with Crippen LogP contribution >= 0.6 is 0 Å². The normalized spacial score (nSPS) is 17.6. The van der Waals surface area contributed by atoms with E-state index < -0.39 is 17.7 Å². The number of halogens is 3. The Bertz CT molecular complexity index is 358. The minimum Gasteiger partial charge on any atom is -0.382 e. The van der Waals surface area contributed by atoms with Crippen LogP contribution in [0.15, 0.2) is 43.0 Å². The quantitative estimate of drug-likeness (QED) is 0.791. The third-order valence-corrected chi connectivity index (χ3v) is 2.70. The van der Waals surface area contributed by atoms with Crippen LogP contribution in [-0.4, -0.2) is 17.4 Å². The topological polar surface area (TPSA) is 20.2 Å². The fourth-order valence-corrected chi connectivity index (χ4v) is 1.52. The molecule has 1 aromatic rings. The van der Waals surface area contributed by atoms with E-state index in [0.29, 0.717) is 5.56 Å². The molecule has 1 nitrogen and oxygen atoms in total. The first-order valence-corrected chi connectivity index (χ1v) is 4.76. The fourth-order valence-electron chi connectivity index (χ4n) is 1.52. The van der Waals surface area contributed by atoms with Gasteiger partial charge in [-0.1, -0.05) is 36.4 Å². The molecule has 0 unspecified atom stereocenters. The first-order chi connectivity index (χ1) is 7.32. The summed E-state index contributed by atoms with van der Waals surface area (Å²) >= 11 is 0. The minimum absolute atomic E-state index is 0.384. The van der Waals surface area contributed by atoms with Crippen LogP contribution in [0.25, 0.3) is 0 Å². The van der Waals surface area contributed by atoms with Gasteiger partial charge < -0.3 is 5.11 Å². The van der Waals surface area contributed by atoms with Gasteiger partial charge in [-0.2, -0.15) is 13.2 Å². The van der Waals surface area contributed by atoms with Crippen LogP contribution < -0.4 is 0 Å². The smallest absolute Gasteiger partial charge is 0.382 e. The number of rotatable bonds is 3. The fraction of sp³-hybridized carbons (Fsp3) is 0.333. The predicted octanol–water partition coefficient (Wildman–Crippen LogP) is 3.05. The van der Waals surface area contributed by atoms with Gasteiger partial charge in [-0.25, -0.2) is 0 Å². The van der Waals surface area contributed by atoms with Crippen molar-refractivity contribution in [2.45, 2.75) is 24.6 Å². The highest BCUT2D eigenvalue weighted by atomic mass is 19.4. The summed E-state index contributed by atoms with van der Waals surface area (Å²) in [5, 5.41) is 9.36. The second kappa shape index (κ2) is 4.29. The molecule has 0 amide bonds. The Balaban J connectivity index is 3.18. The molecule has 4 heteroatoms. The second-order valence-corrected chi connectivity index (χ2v) is 3.80. The lowest BCUT2D eigenvalue weighted by molar-refractivity contribution is -0.218. The number of hydrogen-bond donors (Lipinski definition) is 1. The largest absolute Gasteiger partial charge is 0.415 e. The van der Waals surface area contributed by atoms with E-state index in [1.54, 1.807) is 18.2 Å². The van der Waals surface area contributed by atoms with E-state index in [2.05, 4.69) is 6.58 Å². The lowest BCUT2D eigenvalue weighted by atomic mass is 9.77. The highest BCUT2D eigenvalue weighted by Crippen LogP contribution is 2.37. The summed E-state index contributed by atoms with van der Waals surface area (Å²) in [4.78, 5) is 0. The zero-order valence-electron chi connectivity index (χ0n) is 8.83. The molecular weight excluding hydrogens is 217 g/mol. The molecule has 0 aliphatic rings. The Morgan fingerprint density at radius 2 is 1.75 bits per heavy atom. The standard InChI is InChI=1S/C12H13F3O/c1-3-11(2,10(16)12(13,14)15)9-7-5-4-6-8-9/h3-8,10,16H,1H2,2H3/t10-,11+/m0/s1. The maximum absolute atomic E-state index is 12.5. The third kappa shape index (κ3) is 2.27. The van der Waals surface area contributed by atoms with Crippen molar-refractivity contribution in [2.24, 2.45) is 0 Å². The van der Waals surface area contributed by atoms with Crippen molar-refractivity contribution in [3.8, 4) is 0 Å². The highest BCUT2D eigenvalue weighted by molar-refractivity contribution is 5.31. The molecule has 1 rings (SSSR count). The third-order valence-electron chi connectivity index (χ3n) is 2.70. The summed E-state index contributed by atoms with van der Waals surface area (Å²) in [5.74, 6) is 0. The van der Waals surface area contributed by atoms with E-state index in [0.717, 1.165) is 6.08 Å². The molecule has 1 aromatic carbocycles. The molecule has 0 saturated carbocycles. The molecule has 0 heterocycles. The zero-order valence-corrected chi connectivity index (χ0v) is 8.83. The van der Waals surface area contributed by atoms with Crippen molar-refractivity contribution in [3.05, 3.63) is 48.6 Å². The van der Waals surface area contributed by atoms with Crippen LogP contribution in [0.4, 0.5) is 13.2 Å². The molecule has 0 spiro atoms. The Kier molecular flexibility index (Phi) is 3.43. The van der Waals surface area contributed by atoms with Crippen molar-refractivity contribution in [3.63, 3.8) is 0 Å². The first kappa shape index (κ1) is 12.8. The van der Waals surface area contributed by atoms with Crippen molar-refractivity contribution < 1.29 is 18.3 Å². The predicted molar refractivity (Wildman–Crippen MR) is 56.1 cm³/mol. The van der Waals surface area contributed by atoms with Crippen LogP contribution in [0.5, 0.6) is 0 Å². The average Bonchev–Trinajstić information content (AvgIpc) is 2.27. The summed E-state index contributed by atoms with van der Waals surface area (Å²) in [6.07, 6.45) is -6.00. The molecule has 0 bridgehead atoms. The van der Waals surface area contributed by atoms with Gasteiger partial charge in [0.25, 0.3) is 0 Å². The highest BCUT2D eigenvalue weighted by Gasteiger charge is 2.49. The van der Waals surface area contributed by atoms with E-state index in [9.17, 15) is 18.3 Å². The van der Waals surface area contributed by atoms with Gasteiger partial charge in [0.1, 0.15) is 0 Å². The Labute approximate surface area is 92.2 Å². The summed E-state index contributed by atoms with van der Waals surface area (Å²) in [6.45, 7) is 4.70. The summed E-state index contributed by atoms with van der Waals surface area (Å²) in [5.41, 5.74) is -1.14. The van der Waals surface area contributed by atoms with E-state index in [-0.39, 0.29) is 0 Å². The van der Waals surface area contributed by atoms with Crippen LogP contribution in [0.3, 0.4) is 0 Å². The van der Waals surface area contributed by atoms with Gasteiger partial charge in [0.05, 0.1) is 0 Å². The maximum Gasteiger partial charge on any atom is 0.415 e. The van der Waals surface area contributed by atoms with Crippen molar-refractivity contribution in [1.29, 1.82) is 0 Å². The number of aliphatic hydroxyl groups is 1. The van der Waals surface area contributed by atoms with E-state index in [1.165, 1.54) is 19.1 Å². The average molecular weight is 230 g/mol. The number of aliphatic hydroxyl groups excluding tert-OH is 1. The van der Waals surface area contributed by atoms with Gasteiger partial charge in [-0.15, -0.1) is 6.58 Å². The van der Waals surface area contributed by atoms with Crippen molar-refractivity contribution >= 4 is 0 Å². The molecule has 0 aromatic heterocycles. The number of benzene rings is 1. The van der Waals surface area contributed by atoms with Gasteiger partial charge >= 0.3 is 6.18 Å². The van der Waals surface area contributed by atoms with Crippen molar-refractivity contribution in [1.82, 2.24) is 0 Å². The first-order valence-electron chi connectivity index (χ1n) is 4.76. The number of alkyl halides is 3. The van der Waals surface area contributed by atoms with Crippen LogP contribution in [0, 0.1) is 0 Å². The molecule has 1 N–H and O–H groups in total. The second-order valence-electron chi connectivity index (χ2n) is 3.80. The Morgan fingerprint density at radius 1 is 1.25 bits per heavy atom. The Hall–Kier alpha value is -1.29. The molecule has 88 valence electrons. The molecule has 0 saturated heterocycles. The van der Waals surface area contributed by atoms with Gasteiger partial charge in [0.15, 0.2) is 6.10 Å². The van der Waals surface area contributed by atoms with Gasteiger partial charge in [0, 0.05) is 5.41 Å². The monoisotopic (exact) mass is 230 g/mol. The summed E-state index contributed by atoms with van der Waals surface area (Å²) in [6, 6.07) is 8.03. The van der Waals surface area contributed by atoms with Gasteiger partial charge in [0.2, 0.25) is 0 Å². The summed E-state index contributed by atoms with van der Waals surface area (Å²) < 4.78 is 37.6. The van der Waals surface area contributed by atoms with Gasteiger partial charge in [-0.05, 0) is 12.5 Å². The van der Waals surface area contributed by atoms with Crippen molar-refractivity contribution in [2.75, 3.05) is 0 Å². The lowest BCUT2D eigenvalue weighted by Crippen LogP contribution is -2.45. The SMILES string of the molecule is C=C[C@](C)(c1ccccc1)[C@H](O)C(F)(F)F. The molecule has 16 heavy (non-hydrogen) atoms. The van der Waals surface area contributed by atoms with Crippen LogP contribution in [0.2, 0.25) is 0 Å². The number of hydrogen-bond acceptors (Lipinski definition) is 1. The minimum atomic E-state index is -4.67. The van der Waals surface area contributed by atoms with E-state index >= 15 is 0 Å². The molecule has 0 aliphatic heterocycles. The molecule has 0 aliphatic carbocycles. The van der Waals surface area contributed by atoms with Crippen LogP contribution in [-0.2, 0) is 5.41 Å².